The number of nitrogens with zero attached hydrogens (tertiary/aromatic N) is 4. The van der Waals surface area contributed by atoms with Crippen LogP contribution in [0.1, 0.15) is 19.7 Å². The molecule has 0 saturated carbocycles. The molecular weight excluding hydrogens is 292 g/mol. The summed E-state index contributed by atoms with van der Waals surface area (Å²) >= 11 is 0. The Balaban J connectivity index is 1.55. The number of hydrogen-bond donors (Lipinski definition) is 0. The molecule has 0 N–H and O–H groups in total. The Morgan fingerprint density at radius 3 is 2.48 bits per heavy atom. The topological polar surface area (TPSA) is 62.5 Å². The van der Waals surface area contributed by atoms with Crippen LogP contribution in [-0.2, 0) is 11.3 Å². The number of piperazine rings is 1. The van der Waals surface area contributed by atoms with Crippen LogP contribution in [0.15, 0.2) is 34.7 Å². The molecular formula is C17H22N4O2. The van der Waals surface area contributed by atoms with Crippen LogP contribution in [0.25, 0.3) is 11.5 Å². The van der Waals surface area contributed by atoms with Gasteiger partial charge in [0, 0.05) is 37.7 Å². The Morgan fingerprint density at radius 2 is 1.83 bits per heavy atom. The highest BCUT2D eigenvalue weighted by Gasteiger charge is 2.23. The maximum atomic E-state index is 12.0. The molecule has 23 heavy (non-hydrogen) atoms. The first-order valence-corrected chi connectivity index (χ1v) is 8.02. The Morgan fingerprint density at radius 1 is 1.13 bits per heavy atom. The monoisotopic (exact) mass is 314 g/mol. The van der Waals surface area contributed by atoms with E-state index < -0.39 is 0 Å². The maximum Gasteiger partial charge on any atom is 0.247 e. The van der Waals surface area contributed by atoms with Crippen LogP contribution in [0.4, 0.5) is 0 Å². The van der Waals surface area contributed by atoms with E-state index in [1.165, 1.54) is 0 Å². The van der Waals surface area contributed by atoms with Gasteiger partial charge in [-0.3, -0.25) is 9.69 Å². The van der Waals surface area contributed by atoms with Gasteiger partial charge in [-0.15, -0.1) is 10.2 Å². The third kappa shape index (κ3) is 3.76. The Labute approximate surface area is 136 Å². The van der Waals surface area contributed by atoms with Crippen molar-refractivity contribution in [3.05, 3.63) is 36.2 Å². The standard InChI is InChI=1S/C17H22N4O2/c1-13(2)17(22)21-10-8-20(9-11-21)12-15-18-19-16(23-15)14-6-4-3-5-7-14/h3-7,13H,8-12H2,1-2H3. The van der Waals surface area contributed by atoms with Crippen molar-refractivity contribution in [1.82, 2.24) is 20.0 Å². The summed E-state index contributed by atoms with van der Waals surface area (Å²) in [5.74, 6) is 1.46. The van der Waals surface area contributed by atoms with E-state index in [9.17, 15) is 4.79 Å². The summed E-state index contributed by atoms with van der Waals surface area (Å²) in [4.78, 5) is 16.2. The number of rotatable bonds is 4. The van der Waals surface area contributed by atoms with Gasteiger partial charge in [0.15, 0.2) is 0 Å². The fourth-order valence-electron chi connectivity index (χ4n) is 2.70. The molecule has 0 radical (unpaired) electrons. The fraction of sp³-hybridized carbons (Fsp3) is 0.471. The second kappa shape index (κ2) is 6.91. The maximum absolute atomic E-state index is 12.0. The molecule has 1 saturated heterocycles. The van der Waals surface area contributed by atoms with Crippen molar-refractivity contribution in [3.8, 4) is 11.5 Å². The lowest BCUT2D eigenvalue weighted by molar-refractivity contribution is -0.136. The highest BCUT2D eigenvalue weighted by Crippen LogP contribution is 2.18. The van der Waals surface area contributed by atoms with Crippen LogP contribution in [0, 0.1) is 5.92 Å². The molecule has 0 bridgehead atoms. The van der Waals surface area contributed by atoms with E-state index >= 15 is 0 Å². The third-order valence-electron chi connectivity index (χ3n) is 4.02. The van der Waals surface area contributed by atoms with Crippen molar-refractivity contribution in [2.45, 2.75) is 20.4 Å². The zero-order valence-corrected chi connectivity index (χ0v) is 13.6. The van der Waals surface area contributed by atoms with Gasteiger partial charge in [0.2, 0.25) is 17.7 Å². The van der Waals surface area contributed by atoms with Gasteiger partial charge in [-0.25, -0.2) is 0 Å². The average Bonchev–Trinajstić information content (AvgIpc) is 3.04. The van der Waals surface area contributed by atoms with Crippen molar-refractivity contribution < 1.29 is 9.21 Å². The predicted octanol–water partition coefficient (Wildman–Crippen LogP) is 2.04. The van der Waals surface area contributed by atoms with Crippen molar-refractivity contribution in [1.29, 1.82) is 0 Å². The predicted molar refractivity (Wildman–Crippen MR) is 86.4 cm³/mol. The molecule has 1 fully saturated rings. The number of carbonyl (C=O) groups excluding carboxylic acids is 1. The van der Waals surface area contributed by atoms with E-state index in [2.05, 4.69) is 15.1 Å². The molecule has 2 heterocycles. The molecule has 1 aliphatic rings. The van der Waals surface area contributed by atoms with Gasteiger partial charge < -0.3 is 9.32 Å². The Bertz CT molecular complexity index is 646. The highest BCUT2D eigenvalue weighted by atomic mass is 16.4. The molecule has 1 amide bonds. The van der Waals surface area contributed by atoms with Crippen molar-refractivity contribution in [2.24, 2.45) is 5.92 Å². The fourth-order valence-corrected chi connectivity index (χ4v) is 2.70. The highest BCUT2D eigenvalue weighted by molar-refractivity contribution is 5.78. The summed E-state index contributed by atoms with van der Waals surface area (Å²) in [6.07, 6.45) is 0. The Hall–Kier alpha value is -2.21. The third-order valence-corrected chi connectivity index (χ3v) is 4.02. The van der Waals surface area contributed by atoms with Crippen molar-refractivity contribution >= 4 is 5.91 Å². The molecule has 1 aromatic carbocycles. The molecule has 6 heteroatoms. The van der Waals surface area contributed by atoms with Crippen LogP contribution >= 0.6 is 0 Å². The summed E-state index contributed by atoms with van der Waals surface area (Å²) in [7, 11) is 0. The van der Waals surface area contributed by atoms with Gasteiger partial charge >= 0.3 is 0 Å². The van der Waals surface area contributed by atoms with Crippen LogP contribution < -0.4 is 0 Å². The largest absolute Gasteiger partial charge is 0.419 e. The van der Waals surface area contributed by atoms with Crippen LogP contribution in [0.3, 0.4) is 0 Å². The second-order valence-electron chi connectivity index (χ2n) is 6.12. The van der Waals surface area contributed by atoms with E-state index in [-0.39, 0.29) is 11.8 Å². The lowest BCUT2D eigenvalue weighted by Crippen LogP contribution is -2.49. The SMILES string of the molecule is CC(C)C(=O)N1CCN(Cc2nnc(-c3ccccc3)o2)CC1. The number of carbonyl (C=O) groups is 1. The molecule has 0 aliphatic carbocycles. The zero-order valence-electron chi connectivity index (χ0n) is 13.6. The van der Waals surface area contributed by atoms with E-state index in [0.29, 0.717) is 18.3 Å². The first-order valence-electron chi connectivity index (χ1n) is 8.02. The van der Waals surface area contributed by atoms with Crippen molar-refractivity contribution in [3.63, 3.8) is 0 Å². The number of benzene rings is 1. The first kappa shape index (κ1) is 15.7. The van der Waals surface area contributed by atoms with E-state index in [0.717, 1.165) is 31.7 Å². The summed E-state index contributed by atoms with van der Waals surface area (Å²) in [5, 5.41) is 8.24. The summed E-state index contributed by atoms with van der Waals surface area (Å²) in [6, 6.07) is 9.76. The van der Waals surface area contributed by atoms with Crippen LogP contribution in [-0.4, -0.2) is 52.1 Å². The number of hydrogen-bond acceptors (Lipinski definition) is 5. The van der Waals surface area contributed by atoms with Crippen LogP contribution in [0.2, 0.25) is 0 Å². The van der Waals surface area contributed by atoms with E-state index in [4.69, 9.17) is 4.42 Å². The molecule has 122 valence electrons. The zero-order chi connectivity index (χ0) is 16.2. The number of amides is 1. The van der Waals surface area contributed by atoms with Gasteiger partial charge in [-0.2, -0.15) is 0 Å². The normalized spacial score (nSPS) is 16.0. The van der Waals surface area contributed by atoms with Gasteiger partial charge in [-0.1, -0.05) is 32.0 Å². The molecule has 1 aromatic heterocycles. The minimum absolute atomic E-state index is 0.0610. The quantitative estimate of drug-likeness (QED) is 0.864. The lowest BCUT2D eigenvalue weighted by atomic mass is 10.1. The molecule has 2 aromatic rings. The van der Waals surface area contributed by atoms with Gasteiger partial charge in [0.25, 0.3) is 0 Å². The lowest BCUT2D eigenvalue weighted by Gasteiger charge is -2.34. The van der Waals surface area contributed by atoms with Crippen molar-refractivity contribution in [2.75, 3.05) is 26.2 Å². The number of aromatic nitrogens is 2. The minimum atomic E-state index is 0.0610. The molecule has 0 unspecified atom stereocenters. The van der Waals surface area contributed by atoms with Gasteiger partial charge in [0.05, 0.1) is 6.54 Å². The van der Waals surface area contributed by atoms with Crippen LogP contribution in [0.5, 0.6) is 0 Å². The summed E-state index contributed by atoms with van der Waals surface area (Å²) in [6.45, 7) is 7.70. The van der Waals surface area contributed by atoms with E-state index in [1.54, 1.807) is 0 Å². The van der Waals surface area contributed by atoms with E-state index in [1.807, 2.05) is 49.1 Å². The van der Waals surface area contributed by atoms with Gasteiger partial charge in [-0.05, 0) is 12.1 Å². The Kier molecular flexibility index (Phi) is 4.71. The average molecular weight is 314 g/mol. The molecule has 0 atom stereocenters. The van der Waals surface area contributed by atoms with Gasteiger partial charge in [0.1, 0.15) is 0 Å². The molecule has 3 rings (SSSR count). The minimum Gasteiger partial charge on any atom is -0.419 e. The smallest absolute Gasteiger partial charge is 0.247 e. The molecule has 1 aliphatic heterocycles. The second-order valence-corrected chi connectivity index (χ2v) is 6.12. The molecule has 0 spiro atoms. The summed E-state index contributed by atoms with van der Waals surface area (Å²) in [5.41, 5.74) is 0.929. The summed E-state index contributed by atoms with van der Waals surface area (Å²) < 4.78 is 5.74. The molecule has 6 nitrogen and oxygen atoms in total. The first-order chi connectivity index (χ1) is 11.1.